The first-order valence-corrected chi connectivity index (χ1v) is 4.05. The standard InChI is InChI=1S/C9H10O2/c10-8-5-4-6-2-1-3-7(8)9(6)11/h4-7H,1-3H2. The van der Waals surface area contributed by atoms with Gasteiger partial charge in [0, 0.05) is 5.92 Å². The normalized spacial score (nSPS) is 36.0. The van der Waals surface area contributed by atoms with Crippen LogP contribution in [0.2, 0.25) is 0 Å². The summed E-state index contributed by atoms with van der Waals surface area (Å²) in [6.07, 6.45) is 6.09. The van der Waals surface area contributed by atoms with E-state index in [-0.39, 0.29) is 23.4 Å². The Labute approximate surface area is 65.3 Å². The number of rotatable bonds is 0. The van der Waals surface area contributed by atoms with Gasteiger partial charge in [-0.1, -0.05) is 12.5 Å². The van der Waals surface area contributed by atoms with Crippen molar-refractivity contribution in [3.8, 4) is 0 Å². The second-order valence-corrected chi connectivity index (χ2v) is 3.25. The SMILES string of the molecule is O=C1C=CC2CCCC1C2=O. The van der Waals surface area contributed by atoms with Gasteiger partial charge in [-0.15, -0.1) is 0 Å². The van der Waals surface area contributed by atoms with E-state index >= 15 is 0 Å². The molecule has 2 atom stereocenters. The van der Waals surface area contributed by atoms with Gasteiger partial charge in [0.25, 0.3) is 0 Å². The van der Waals surface area contributed by atoms with E-state index in [2.05, 4.69) is 0 Å². The smallest absolute Gasteiger partial charge is 0.165 e. The lowest BCUT2D eigenvalue weighted by molar-refractivity contribution is -0.135. The van der Waals surface area contributed by atoms with Gasteiger partial charge in [-0.3, -0.25) is 9.59 Å². The fourth-order valence-electron chi connectivity index (χ4n) is 1.89. The molecular weight excluding hydrogens is 140 g/mol. The van der Waals surface area contributed by atoms with Crippen molar-refractivity contribution >= 4 is 11.6 Å². The summed E-state index contributed by atoms with van der Waals surface area (Å²) in [5.41, 5.74) is 0. The molecule has 1 fully saturated rings. The molecule has 0 saturated heterocycles. The minimum atomic E-state index is -0.279. The van der Waals surface area contributed by atoms with E-state index in [4.69, 9.17) is 0 Å². The Balaban J connectivity index is 2.35. The summed E-state index contributed by atoms with van der Waals surface area (Å²) in [5.74, 6) is -0.0418. The lowest BCUT2D eigenvalue weighted by Gasteiger charge is -2.27. The van der Waals surface area contributed by atoms with Crippen LogP contribution in [0.25, 0.3) is 0 Å². The van der Waals surface area contributed by atoms with Crippen LogP contribution in [-0.2, 0) is 9.59 Å². The first kappa shape index (κ1) is 6.77. The van der Waals surface area contributed by atoms with Crippen molar-refractivity contribution in [3.05, 3.63) is 12.2 Å². The highest BCUT2D eigenvalue weighted by molar-refractivity contribution is 6.11. The predicted molar refractivity (Wildman–Crippen MR) is 40.0 cm³/mol. The van der Waals surface area contributed by atoms with Gasteiger partial charge in [0.2, 0.25) is 0 Å². The van der Waals surface area contributed by atoms with Crippen LogP contribution in [-0.4, -0.2) is 11.6 Å². The molecule has 0 aromatic heterocycles. The molecule has 2 unspecified atom stereocenters. The summed E-state index contributed by atoms with van der Waals surface area (Å²) < 4.78 is 0. The fourth-order valence-corrected chi connectivity index (χ4v) is 1.89. The molecule has 2 heteroatoms. The second-order valence-electron chi connectivity index (χ2n) is 3.25. The third-order valence-electron chi connectivity index (χ3n) is 2.55. The Morgan fingerprint density at radius 2 is 2.09 bits per heavy atom. The molecular formula is C9H10O2. The maximum atomic E-state index is 11.3. The zero-order valence-electron chi connectivity index (χ0n) is 6.25. The number of fused-ring (bicyclic) bond motifs is 2. The summed E-state index contributed by atoms with van der Waals surface area (Å²) in [6.45, 7) is 0. The van der Waals surface area contributed by atoms with Crippen LogP contribution in [0.4, 0.5) is 0 Å². The first-order valence-electron chi connectivity index (χ1n) is 4.05. The highest BCUT2D eigenvalue weighted by Crippen LogP contribution is 2.30. The molecule has 2 rings (SSSR count). The summed E-state index contributed by atoms with van der Waals surface area (Å²) in [5, 5.41) is 0. The Morgan fingerprint density at radius 3 is 2.82 bits per heavy atom. The molecule has 11 heavy (non-hydrogen) atoms. The van der Waals surface area contributed by atoms with Crippen LogP contribution >= 0.6 is 0 Å². The van der Waals surface area contributed by atoms with Crippen molar-refractivity contribution < 1.29 is 9.59 Å². The van der Waals surface area contributed by atoms with Gasteiger partial charge in [-0.05, 0) is 18.9 Å². The molecule has 0 spiro atoms. The minimum Gasteiger partial charge on any atom is -0.298 e. The average molecular weight is 150 g/mol. The molecule has 1 saturated carbocycles. The number of ketones is 2. The van der Waals surface area contributed by atoms with E-state index in [1.54, 1.807) is 12.2 Å². The highest BCUT2D eigenvalue weighted by atomic mass is 16.2. The third kappa shape index (κ3) is 0.934. The molecule has 0 radical (unpaired) electrons. The van der Waals surface area contributed by atoms with Crippen molar-refractivity contribution in [2.45, 2.75) is 19.3 Å². The van der Waals surface area contributed by atoms with Crippen molar-refractivity contribution in [2.75, 3.05) is 0 Å². The van der Waals surface area contributed by atoms with Crippen molar-refractivity contribution in [1.82, 2.24) is 0 Å². The lowest BCUT2D eigenvalue weighted by Crippen LogP contribution is -2.35. The molecule has 0 amide bonds. The van der Waals surface area contributed by atoms with E-state index in [1.165, 1.54) is 0 Å². The van der Waals surface area contributed by atoms with E-state index in [0.717, 1.165) is 19.3 Å². The van der Waals surface area contributed by atoms with E-state index < -0.39 is 0 Å². The van der Waals surface area contributed by atoms with E-state index in [9.17, 15) is 9.59 Å². The van der Waals surface area contributed by atoms with Gasteiger partial charge in [-0.2, -0.15) is 0 Å². The van der Waals surface area contributed by atoms with E-state index in [1.807, 2.05) is 0 Å². The van der Waals surface area contributed by atoms with Crippen LogP contribution in [0.1, 0.15) is 19.3 Å². The average Bonchev–Trinajstić information content (AvgIpc) is 1.98. The molecule has 2 nitrogen and oxygen atoms in total. The summed E-state index contributed by atoms with van der Waals surface area (Å²) >= 11 is 0. The van der Waals surface area contributed by atoms with Gasteiger partial charge < -0.3 is 0 Å². The second kappa shape index (κ2) is 2.29. The van der Waals surface area contributed by atoms with Crippen molar-refractivity contribution in [2.24, 2.45) is 11.8 Å². The zero-order valence-corrected chi connectivity index (χ0v) is 6.25. The molecule has 0 N–H and O–H groups in total. The van der Waals surface area contributed by atoms with Crippen molar-refractivity contribution in [3.63, 3.8) is 0 Å². The number of carbonyl (C=O) groups excluding carboxylic acids is 2. The third-order valence-corrected chi connectivity index (χ3v) is 2.55. The molecule has 0 heterocycles. The summed E-state index contributed by atoms with van der Waals surface area (Å²) in [6, 6.07) is 0. The molecule has 2 bridgehead atoms. The lowest BCUT2D eigenvalue weighted by atomic mass is 9.74. The topological polar surface area (TPSA) is 34.1 Å². The molecule has 2 aliphatic rings. The molecule has 58 valence electrons. The molecule has 2 aliphatic carbocycles. The summed E-state index contributed by atoms with van der Waals surface area (Å²) in [7, 11) is 0. The van der Waals surface area contributed by atoms with Crippen LogP contribution in [0.15, 0.2) is 12.2 Å². The van der Waals surface area contributed by atoms with Crippen LogP contribution < -0.4 is 0 Å². The Bertz CT molecular complexity index is 240. The molecule has 0 aromatic carbocycles. The maximum Gasteiger partial charge on any atom is 0.165 e. The number of hydrogen-bond donors (Lipinski definition) is 0. The highest BCUT2D eigenvalue weighted by Gasteiger charge is 2.36. The zero-order chi connectivity index (χ0) is 7.84. The van der Waals surface area contributed by atoms with E-state index in [0.29, 0.717) is 0 Å². The first-order chi connectivity index (χ1) is 5.29. The molecule has 0 aromatic rings. The monoisotopic (exact) mass is 150 g/mol. The van der Waals surface area contributed by atoms with Gasteiger partial charge in [0.1, 0.15) is 0 Å². The quantitative estimate of drug-likeness (QED) is 0.485. The minimum absolute atomic E-state index is 0.0194. The summed E-state index contributed by atoms with van der Waals surface area (Å²) in [4.78, 5) is 22.5. The van der Waals surface area contributed by atoms with Crippen molar-refractivity contribution in [1.29, 1.82) is 0 Å². The fraction of sp³-hybridized carbons (Fsp3) is 0.556. The number of carbonyl (C=O) groups is 2. The van der Waals surface area contributed by atoms with Gasteiger partial charge in [-0.25, -0.2) is 0 Å². The van der Waals surface area contributed by atoms with Gasteiger partial charge in [0.05, 0.1) is 5.92 Å². The number of allylic oxidation sites excluding steroid dienone is 2. The Hall–Kier alpha value is -0.920. The van der Waals surface area contributed by atoms with Crippen LogP contribution in [0, 0.1) is 11.8 Å². The van der Waals surface area contributed by atoms with Crippen LogP contribution in [0.3, 0.4) is 0 Å². The predicted octanol–water partition coefficient (Wildman–Crippen LogP) is 1.11. The Kier molecular flexibility index (Phi) is 1.41. The Morgan fingerprint density at radius 1 is 1.27 bits per heavy atom. The molecule has 0 aliphatic heterocycles. The maximum absolute atomic E-state index is 11.3. The van der Waals surface area contributed by atoms with Crippen LogP contribution in [0.5, 0.6) is 0 Å². The van der Waals surface area contributed by atoms with Gasteiger partial charge >= 0.3 is 0 Å². The number of Topliss-reactive ketones (excluding diaryl/α,β-unsaturated/α-hetero) is 1. The van der Waals surface area contributed by atoms with Gasteiger partial charge in [0.15, 0.2) is 11.6 Å². The largest absolute Gasteiger partial charge is 0.298 e. The number of hydrogen-bond acceptors (Lipinski definition) is 2.